The van der Waals surface area contributed by atoms with Gasteiger partial charge < -0.3 is 14.6 Å². The molecule has 0 fully saturated rings. The first-order valence-corrected chi connectivity index (χ1v) is 16.4. The third-order valence-corrected chi connectivity index (χ3v) is 9.42. The number of hydrogen-bond donors (Lipinski definition) is 1. The number of methoxy groups -OCH3 is 2. The van der Waals surface area contributed by atoms with Crippen molar-refractivity contribution in [1.82, 2.24) is 4.90 Å². The molecular weight excluding hydrogens is 593 g/mol. The van der Waals surface area contributed by atoms with Gasteiger partial charge in [0.2, 0.25) is 0 Å². The molecule has 0 saturated heterocycles. The molecule has 232 valence electrons. The number of nitrogens with zero attached hydrogens (tertiary/aromatic N) is 2. The van der Waals surface area contributed by atoms with Gasteiger partial charge in [-0.1, -0.05) is 84.9 Å². The molecule has 0 bridgehead atoms. The van der Waals surface area contributed by atoms with Crippen molar-refractivity contribution in [3.05, 3.63) is 161 Å². The molecule has 0 amide bonds. The van der Waals surface area contributed by atoms with E-state index in [-0.39, 0.29) is 0 Å². The highest BCUT2D eigenvalue weighted by atomic mass is 32.2. The van der Waals surface area contributed by atoms with E-state index < -0.39 is 17.6 Å². The van der Waals surface area contributed by atoms with Crippen LogP contribution in [0.5, 0.6) is 11.5 Å². The van der Waals surface area contributed by atoms with Gasteiger partial charge in [0, 0.05) is 16.0 Å². The maximum Gasteiger partial charge on any atom is 0.362 e. The molecule has 1 aliphatic heterocycles. The predicted octanol–water partition coefficient (Wildman–Crippen LogP) is 7.62. The van der Waals surface area contributed by atoms with Crippen LogP contribution in [-0.4, -0.2) is 46.9 Å². The number of hydrogen-bond acceptors (Lipinski definition) is 5. The van der Waals surface area contributed by atoms with Gasteiger partial charge in [-0.05, 0) is 65.9 Å². The van der Waals surface area contributed by atoms with Gasteiger partial charge in [-0.3, -0.25) is 0 Å². The first-order valence-electron chi connectivity index (χ1n) is 15.1. The Labute approximate surface area is 274 Å². The Bertz CT molecular complexity index is 1810. The second-order valence-electron chi connectivity index (χ2n) is 11.2. The van der Waals surface area contributed by atoms with Gasteiger partial charge in [-0.25, -0.2) is 14.3 Å². The standard InChI is InChI=1S/C39H36N2O4S/c1-44-33-20-14-29(15-21-33)26-40-36(30-16-22-34(45-2)23-17-30)39(38(42)43,32-18-24-35(46-3)25-19-32)41(27-28-10-6-4-7-11-28)37(40)31-12-8-5-9-13-31/h4-25,36H,26-27H2,1-3H3/p+1. The average Bonchev–Trinajstić information content (AvgIpc) is 3.39. The lowest BCUT2D eigenvalue weighted by atomic mass is 9.78. The van der Waals surface area contributed by atoms with E-state index in [1.165, 1.54) is 0 Å². The molecule has 0 aliphatic carbocycles. The molecule has 1 aliphatic rings. The van der Waals surface area contributed by atoms with Crippen LogP contribution in [0.3, 0.4) is 0 Å². The zero-order valence-corrected chi connectivity index (χ0v) is 27.0. The maximum atomic E-state index is 14.3. The first-order chi connectivity index (χ1) is 22.5. The summed E-state index contributed by atoms with van der Waals surface area (Å²) in [5.41, 5.74) is 3.07. The molecule has 2 unspecified atom stereocenters. The normalized spacial score (nSPS) is 17.6. The molecule has 6 nitrogen and oxygen atoms in total. The lowest BCUT2D eigenvalue weighted by Crippen LogP contribution is -2.53. The molecule has 0 radical (unpaired) electrons. The second-order valence-corrected chi connectivity index (χ2v) is 12.1. The average molecular weight is 630 g/mol. The van der Waals surface area contributed by atoms with Crippen LogP contribution in [0.25, 0.3) is 0 Å². The molecule has 6 rings (SSSR count). The second kappa shape index (κ2) is 13.5. The molecule has 1 heterocycles. The van der Waals surface area contributed by atoms with Crippen LogP contribution in [0.4, 0.5) is 0 Å². The van der Waals surface area contributed by atoms with E-state index in [2.05, 4.69) is 33.7 Å². The Hall–Kier alpha value is -5.01. The fourth-order valence-electron chi connectivity index (χ4n) is 6.51. The molecular formula is C39H37N2O4S+. The molecule has 46 heavy (non-hydrogen) atoms. The lowest BCUT2D eigenvalue weighted by molar-refractivity contribution is -0.586. The van der Waals surface area contributed by atoms with E-state index in [4.69, 9.17) is 9.47 Å². The smallest absolute Gasteiger partial charge is 0.362 e. The fourth-order valence-corrected chi connectivity index (χ4v) is 6.92. The number of amidine groups is 1. The summed E-state index contributed by atoms with van der Waals surface area (Å²) < 4.78 is 13.2. The number of rotatable bonds is 11. The summed E-state index contributed by atoms with van der Waals surface area (Å²) in [5, 5.41) is 11.7. The van der Waals surface area contributed by atoms with E-state index in [0.717, 1.165) is 38.7 Å². The number of aliphatic carboxylic acids is 1. The van der Waals surface area contributed by atoms with Gasteiger partial charge >= 0.3 is 5.97 Å². The fraction of sp³-hybridized carbons (Fsp3) is 0.179. The monoisotopic (exact) mass is 629 g/mol. The van der Waals surface area contributed by atoms with E-state index in [1.54, 1.807) is 26.0 Å². The van der Waals surface area contributed by atoms with Crippen molar-refractivity contribution in [3.63, 3.8) is 0 Å². The largest absolute Gasteiger partial charge is 0.497 e. The quantitative estimate of drug-likeness (QED) is 0.120. The Morgan fingerprint density at radius 3 is 1.87 bits per heavy atom. The van der Waals surface area contributed by atoms with Crippen molar-refractivity contribution in [3.8, 4) is 11.5 Å². The molecule has 0 spiro atoms. The molecule has 0 aromatic heterocycles. The lowest BCUT2D eigenvalue weighted by Gasteiger charge is -2.35. The first kappa shape index (κ1) is 31.0. The number of carbonyl (C=O) groups is 1. The maximum absolute atomic E-state index is 14.3. The van der Waals surface area contributed by atoms with Gasteiger partial charge in [-0.15, -0.1) is 11.8 Å². The van der Waals surface area contributed by atoms with Crippen molar-refractivity contribution >= 4 is 23.6 Å². The van der Waals surface area contributed by atoms with E-state index in [9.17, 15) is 9.90 Å². The van der Waals surface area contributed by atoms with Gasteiger partial charge in [0.05, 0.1) is 19.8 Å². The minimum Gasteiger partial charge on any atom is -0.497 e. The Morgan fingerprint density at radius 2 is 1.33 bits per heavy atom. The van der Waals surface area contributed by atoms with Crippen LogP contribution in [-0.2, 0) is 23.4 Å². The van der Waals surface area contributed by atoms with Crippen molar-refractivity contribution in [2.45, 2.75) is 29.6 Å². The van der Waals surface area contributed by atoms with Crippen LogP contribution in [0.15, 0.2) is 138 Å². The minimum absolute atomic E-state index is 0.382. The summed E-state index contributed by atoms with van der Waals surface area (Å²) in [4.78, 5) is 17.5. The Kier molecular flexibility index (Phi) is 9.13. The molecule has 1 N–H and O–H groups in total. The van der Waals surface area contributed by atoms with Crippen LogP contribution in [0, 0.1) is 0 Å². The van der Waals surface area contributed by atoms with E-state index in [0.29, 0.717) is 24.4 Å². The molecule has 0 saturated carbocycles. The summed E-state index contributed by atoms with van der Waals surface area (Å²) in [6.45, 7) is 0.849. The van der Waals surface area contributed by atoms with Crippen LogP contribution < -0.4 is 9.47 Å². The predicted molar refractivity (Wildman–Crippen MR) is 183 cm³/mol. The van der Waals surface area contributed by atoms with E-state index in [1.807, 2.05) is 115 Å². The van der Waals surface area contributed by atoms with Gasteiger partial charge in [0.15, 0.2) is 6.04 Å². The molecule has 2 atom stereocenters. The minimum atomic E-state index is -1.50. The third kappa shape index (κ3) is 5.74. The van der Waals surface area contributed by atoms with E-state index >= 15 is 0 Å². The number of benzene rings is 5. The number of thioether (sulfide) groups is 1. The van der Waals surface area contributed by atoms with Crippen LogP contribution in [0.2, 0.25) is 0 Å². The number of carboxylic acids is 1. The van der Waals surface area contributed by atoms with Crippen LogP contribution in [0.1, 0.15) is 33.9 Å². The Morgan fingerprint density at radius 1 is 0.761 bits per heavy atom. The zero-order chi connectivity index (χ0) is 32.1. The highest BCUT2D eigenvalue weighted by molar-refractivity contribution is 7.98. The van der Waals surface area contributed by atoms with Crippen molar-refractivity contribution in [1.29, 1.82) is 0 Å². The topological polar surface area (TPSA) is 62.0 Å². The van der Waals surface area contributed by atoms with Gasteiger partial charge in [-0.2, -0.15) is 0 Å². The van der Waals surface area contributed by atoms with Crippen molar-refractivity contribution in [2.24, 2.45) is 0 Å². The van der Waals surface area contributed by atoms with Gasteiger partial charge in [0.25, 0.3) is 11.4 Å². The summed E-state index contributed by atoms with van der Waals surface area (Å²) in [6.07, 6.45) is 2.03. The molecule has 5 aromatic carbocycles. The van der Waals surface area contributed by atoms with Gasteiger partial charge in [0.1, 0.15) is 24.6 Å². The van der Waals surface area contributed by atoms with Crippen molar-refractivity contribution in [2.75, 3.05) is 20.5 Å². The summed E-state index contributed by atoms with van der Waals surface area (Å²) in [5.74, 6) is 1.40. The summed E-state index contributed by atoms with van der Waals surface area (Å²) in [6, 6.07) is 43.4. The van der Waals surface area contributed by atoms with Crippen LogP contribution >= 0.6 is 11.8 Å². The third-order valence-electron chi connectivity index (χ3n) is 8.68. The summed E-state index contributed by atoms with van der Waals surface area (Å²) >= 11 is 1.63. The SMILES string of the molecule is COc1ccc(C[N+]2=C(c3ccccc3)N(Cc3ccccc3)C(C(=O)O)(c3ccc(SC)cc3)C2c2ccc(OC)cc2)cc1. The number of carboxylic acid groups (broad SMARTS) is 1. The van der Waals surface area contributed by atoms with Crippen molar-refractivity contribution < 1.29 is 24.0 Å². The zero-order valence-electron chi connectivity index (χ0n) is 26.2. The number of ether oxygens (including phenoxy) is 2. The molecule has 5 aromatic rings. The highest BCUT2D eigenvalue weighted by Crippen LogP contribution is 2.50. The molecule has 7 heteroatoms. The Balaban J connectivity index is 1.69. The highest BCUT2D eigenvalue weighted by Gasteiger charge is 2.67. The summed E-state index contributed by atoms with van der Waals surface area (Å²) in [7, 11) is 3.29.